The quantitative estimate of drug-likeness (QED) is 0.748. The van der Waals surface area contributed by atoms with Crippen molar-refractivity contribution in [2.45, 2.75) is 25.8 Å². The highest BCUT2D eigenvalue weighted by Gasteiger charge is 2.19. The van der Waals surface area contributed by atoms with Crippen molar-refractivity contribution in [2.75, 3.05) is 11.9 Å². The minimum Gasteiger partial charge on any atom is -0.326 e. The predicted octanol–water partition coefficient (Wildman–Crippen LogP) is 3.94. The molecule has 2 N–H and O–H groups in total. The maximum atomic E-state index is 11.4. The Labute approximate surface area is 142 Å². The Morgan fingerprint density at radius 2 is 2.19 bits per heavy atom. The minimum atomic E-state index is 0.117. The van der Waals surface area contributed by atoms with Crippen molar-refractivity contribution in [3.63, 3.8) is 0 Å². The van der Waals surface area contributed by atoms with Crippen molar-refractivity contribution >= 4 is 45.5 Å². The second kappa shape index (κ2) is 6.46. The molecule has 0 saturated heterocycles. The van der Waals surface area contributed by atoms with E-state index in [0.717, 1.165) is 18.7 Å². The summed E-state index contributed by atoms with van der Waals surface area (Å²) in [6, 6.07) is 8.83. The van der Waals surface area contributed by atoms with E-state index < -0.39 is 0 Å². The summed E-state index contributed by atoms with van der Waals surface area (Å²) in [6.45, 7) is 3.05. The number of anilines is 1. The lowest BCUT2D eigenvalue weighted by molar-refractivity contribution is -0.116. The molecule has 2 heterocycles. The van der Waals surface area contributed by atoms with Gasteiger partial charge >= 0.3 is 0 Å². The van der Waals surface area contributed by atoms with Gasteiger partial charge in [0.1, 0.15) is 0 Å². The van der Waals surface area contributed by atoms with Gasteiger partial charge in [-0.15, -0.1) is 11.3 Å². The summed E-state index contributed by atoms with van der Waals surface area (Å²) in [4.78, 5) is 11.4. The number of fused-ring (bicyclic) bond motifs is 1. The summed E-state index contributed by atoms with van der Waals surface area (Å²) >= 11 is 4.13. The van der Waals surface area contributed by atoms with Crippen LogP contribution in [-0.2, 0) is 11.2 Å². The molecular weight excluding hydrogens is 395 g/mol. The number of amides is 1. The normalized spacial score (nSPS) is 15.4. The van der Waals surface area contributed by atoms with Gasteiger partial charge in [0.2, 0.25) is 5.91 Å². The molecule has 1 aliphatic rings. The first-order valence-corrected chi connectivity index (χ1v) is 9.03. The molecule has 1 atom stereocenters. The van der Waals surface area contributed by atoms with E-state index in [9.17, 15) is 4.79 Å². The van der Waals surface area contributed by atoms with Crippen LogP contribution >= 0.6 is 33.9 Å². The third-order valence-corrected chi connectivity index (χ3v) is 5.49. The zero-order chi connectivity index (χ0) is 14.8. The fraction of sp³-hybridized carbons (Fsp3) is 0.312. The molecule has 3 nitrogen and oxygen atoms in total. The van der Waals surface area contributed by atoms with Gasteiger partial charge in [-0.2, -0.15) is 0 Å². The largest absolute Gasteiger partial charge is 0.326 e. The van der Waals surface area contributed by atoms with Gasteiger partial charge in [-0.05, 0) is 69.8 Å². The summed E-state index contributed by atoms with van der Waals surface area (Å²) in [6.07, 6.45) is 1.41. The molecule has 1 amide bonds. The molecule has 21 heavy (non-hydrogen) atoms. The van der Waals surface area contributed by atoms with Crippen LogP contribution in [0.25, 0.3) is 0 Å². The third kappa shape index (κ3) is 3.30. The van der Waals surface area contributed by atoms with Crippen LogP contribution in [0, 0.1) is 2.88 Å². The monoisotopic (exact) mass is 412 g/mol. The molecule has 0 bridgehead atoms. The van der Waals surface area contributed by atoms with E-state index in [4.69, 9.17) is 0 Å². The van der Waals surface area contributed by atoms with E-state index in [0.29, 0.717) is 6.42 Å². The van der Waals surface area contributed by atoms with Gasteiger partial charge < -0.3 is 10.6 Å². The first-order chi connectivity index (χ1) is 10.2. The molecule has 0 aliphatic carbocycles. The Kier molecular flexibility index (Phi) is 4.61. The van der Waals surface area contributed by atoms with Crippen molar-refractivity contribution in [3.05, 3.63) is 49.2 Å². The van der Waals surface area contributed by atoms with Crippen LogP contribution in [0.4, 0.5) is 5.69 Å². The van der Waals surface area contributed by atoms with Crippen molar-refractivity contribution in [1.82, 2.24) is 5.32 Å². The van der Waals surface area contributed by atoms with E-state index in [-0.39, 0.29) is 11.9 Å². The van der Waals surface area contributed by atoms with E-state index >= 15 is 0 Å². The molecule has 1 aromatic carbocycles. The summed E-state index contributed by atoms with van der Waals surface area (Å²) in [5, 5.41) is 8.72. The molecular formula is C16H17IN2OS. The van der Waals surface area contributed by atoms with Crippen LogP contribution < -0.4 is 10.6 Å². The Balaban J connectivity index is 1.94. The average Bonchev–Trinajstić information content (AvgIpc) is 2.90. The second-order valence-corrected chi connectivity index (χ2v) is 7.95. The van der Waals surface area contributed by atoms with Crippen LogP contribution in [0.3, 0.4) is 0 Å². The number of nitrogens with one attached hydrogen (secondary N) is 2. The number of halogens is 1. The molecule has 0 saturated carbocycles. The summed E-state index contributed by atoms with van der Waals surface area (Å²) in [7, 11) is 0. The Hall–Kier alpha value is -0.920. The highest BCUT2D eigenvalue weighted by atomic mass is 127. The first kappa shape index (κ1) is 15.0. The number of benzene rings is 1. The molecule has 110 valence electrons. The maximum absolute atomic E-state index is 11.4. The van der Waals surface area contributed by atoms with Crippen molar-refractivity contribution < 1.29 is 4.79 Å². The van der Waals surface area contributed by atoms with Gasteiger partial charge in [0, 0.05) is 12.1 Å². The fourth-order valence-electron chi connectivity index (χ4n) is 2.69. The highest BCUT2D eigenvalue weighted by molar-refractivity contribution is 14.1. The number of carbonyl (C=O) groups is 1. The Morgan fingerprint density at radius 3 is 2.90 bits per heavy atom. The number of thiophene rings is 1. The number of rotatable bonds is 4. The topological polar surface area (TPSA) is 41.1 Å². The standard InChI is InChI=1S/C16H17IN2OS/c1-2-18-16(12-8-14(17)21-9-12)11-3-5-13-10(7-11)4-6-15(20)19-13/h3,5,7-9,16,18H,2,4,6H2,1H3,(H,19,20). The molecule has 3 rings (SSSR count). The van der Waals surface area contributed by atoms with Crippen molar-refractivity contribution in [3.8, 4) is 0 Å². The van der Waals surface area contributed by atoms with Crippen LogP contribution in [0.5, 0.6) is 0 Å². The summed E-state index contributed by atoms with van der Waals surface area (Å²) in [5.41, 5.74) is 4.78. The number of hydrogen-bond donors (Lipinski definition) is 2. The van der Waals surface area contributed by atoms with Crippen LogP contribution in [0.2, 0.25) is 0 Å². The minimum absolute atomic E-state index is 0.117. The first-order valence-electron chi connectivity index (χ1n) is 7.07. The number of carbonyl (C=O) groups excluding carboxylic acids is 1. The molecule has 5 heteroatoms. The highest BCUT2D eigenvalue weighted by Crippen LogP contribution is 2.31. The lowest BCUT2D eigenvalue weighted by atomic mass is 9.95. The SMILES string of the molecule is CCNC(c1csc(I)c1)c1ccc2c(c1)CCC(=O)N2. The van der Waals surface area contributed by atoms with E-state index in [1.807, 2.05) is 6.07 Å². The Morgan fingerprint density at radius 1 is 1.33 bits per heavy atom. The van der Waals surface area contributed by atoms with Gasteiger partial charge in [0.05, 0.1) is 8.93 Å². The van der Waals surface area contributed by atoms with Gasteiger partial charge in [-0.25, -0.2) is 0 Å². The molecule has 1 unspecified atom stereocenters. The lowest BCUT2D eigenvalue weighted by Gasteiger charge is -2.22. The summed E-state index contributed by atoms with van der Waals surface area (Å²) in [5.74, 6) is 0.117. The Bertz CT molecular complexity index is 668. The van der Waals surface area contributed by atoms with Crippen LogP contribution in [0.15, 0.2) is 29.6 Å². The molecule has 2 aromatic rings. The van der Waals surface area contributed by atoms with Gasteiger partial charge in [0.25, 0.3) is 0 Å². The molecule has 1 aliphatic heterocycles. The number of aryl methyl sites for hydroxylation is 1. The second-order valence-electron chi connectivity index (χ2n) is 5.14. The van der Waals surface area contributed by atoms with E-state index in [1.165, 1.54) is 19.6 Å². The average molecular weight is 412 g/mol. The summed E-state index contributed by atoms with van der Waals surface area (Å²) < 4.78 is 1.30. The maximum Gasteiger partial charge on any atom is 0.224 e. The van der Waals surface area contributed by atoms with Gasteiger partial charge in [-0.3, -0.25) is 4.79 Å². The van der Waals surface area contributed by atoms with Gasteiger partial charge in [0.15, 0.2) is 0 Å². The predicted molar refractivity (Wildman–Crippen MR) is 95.9 cm³/mol. The molecule has 0 radical (unpaired) electrons. The lowest BCUT2D eigenvalue weighted by Crippen LogP contribution is -2.23. The smallest absolute Gasteiger partial charge is 0.224 e. The number of hydrogen-bond acceptors (Lipinski definition) is 3. The van der Waals surface area contributed by atoms with E-state index in [1.54, 1.807) is 11.3 Å². The van der Waals surface area contributed by atoms with Crippen LogP contribution in [-0.4, -0.2) is 12.5 Å². The van der Waals surface area contributed by atoms with Gasteiger partial charge in [-0.1, -0.05) is 19.1 Å². The van der Waals surface area contributed by atoms with Crippen LogP contribution in [0.1, 0.15) is 36.1 Å². The third-order valence-electron chi connectivity index (χ3n) is 3.69. The van der Waals surface area contributed by atoms with E-state index in [2.05, 4.69) is 63.7 Å². The molecule has 0 spiro atoms. The molecule has 1 aromatic heterocycles. The van der Waals surface area contributed by atoms with Crippen molar-refractivity contribution in [1.29, 1.82) is 0 Å². The van der Waals surface area contributed by atoms with Crippen molar-refractivity contribution in [2.24, 2.45) is 0 Å². The zero-order valence-electron chi connectivity index (χ0n) is 11.8. The molecule has 0 fully saturated rings. The zero-order valence-corrected chi connectivity index (χ0v) is 14.8. The fourth-order valence-corrected chi connectivity index (χ4v) is 4.09.